The molecule has 0 bridgehead atoms. The number of nitrogens with zero attached hydrogens (tertiary/aromatic N) is 2. The van der Waals surface area contributed by atoms with E-state index in [4.69, 9.17) is 10.2 Å². The third-order valence-corrected chi connectivity index (χ3v) is 2.63. The van der Waals surface area contributed by atoms with Crippen LogP contribution in [0.1, 0.15) is 5.69 Å². The molecular weight excluding hydrogens is 214 g/mol. The number of benzene rings is 1. The molecular formula is C13H11N3O. The average molecular weight is 225 g/mol. The van der Waals surface area contributed by atoms with Gasteiger partial charge < -0.3 is 10.2 Å². The van der Waals surface area contributed by atoms with E-state index in [1.54, 1.807) is 6.26 Å². The van der Waals surface area contributed by atoms with Crippen LogP contribution < -0.4 is 5.73 Å². The summed E-state index contributed by atoms with van der Waals surface area (Å²) in [5.74, 6) is 0.283. The largest absolute Gasteiger partial charge is 0.464 e. The zero-order valence-corrected chi connectivity index (χ0v) is 9.34. The van der Waals surface area contributed by atoms with Gasteiger partial charge in [-0.3, -0.25) is 0 Å². The molecule has 0 spiro atoms. The van der Waals surface area contributed by atoms with Gasteiger partial charge in [-0.25, -0.2) is 9.97 Å². The number of nitrogens with two attached hydrogens (primary N) is 1. The highest BCUT2D eigenvalue weighted by atomic mass is 16.3. The van der Waals surface area contributed by atoms with Crippen LogP contribution in [0, 0.1) is 6.92 Å². The Hall–Kier alpha value is -2.36. The van der Waals surface area contributed by atoms with Crippen molar-refractivity contribution in [2.45, 2.75) is 6.92 Å². The van der Waals surface area contributed by atoms with Crippen molar-refractivity contribution in [2.75, 3.05) is 5.73 Å². The number of fused-ring (bicyclic) bond motifs is 1. The lowest BCUT2D eigenvalue weighted by molar-refractivity contribution is 0.617. The molecule has 3 aromatic rings. The molecule has 3 rings (SSSR count). The third kappa shape index (κ3) is 1.63. The fourth-order valence-corrected chi connectivity index (χ4v) is 1.91. The molecule has 2 N–H and O–H groups in total. The maximum atomic E-state index is 5.66. The van der Waals surface area contributed by atoms with Crippen LogP contribution in [0.4, 0.5) is 5.95 Å². The Balaban J connectivity index is 2.27. The highest BCUT2D eigenvalue weighted by molar-refractivity contribution is 5.92. The van der Waals surface area contributed by atoms with E-state index < -0.39 is 0 Å². The number of anilines is 1. The summed E-state index contributed by atoms with van der Waals surface area (Å²) in [7, 11) is 0. The lowest BCUT2D eigenvalue weighted by Crippen LogP contribution is -1.97. The minimum Gasteiger partial charge on any atom is -0.464 e. The Labute approximate surface area is 98.1 Å². The topological polar surface area (TPSA) is 64.9 Å². The van der Waals surface area contributed by atoms with E-state index in [0.717, 1.165) is 27.9 Å². The Bertz CT molecular complexity index is 668. The number of furan rings is 1. The van der Waals surface area contributed by atoms with Gasteiger partial charge in [-0.2, -0.15) is 0 Å². The minimum atomic E-state index is 0.283. The van der Waals surface area contributed by atoms with Crippen molar-refractivity contribution >= 4 is 16.9 Å². The van der Waals surface area contributed by atoms with Gasteiger partial charge in [-0.05, 0) is 19.1 Å². The summed E-state index contributed by atoms with van der Waals surface area (Å²) < 4.78 is 5.48. The fraction of sp³-hybridized carbons (Fsp3) is 0.0769. The highest BCUT2D eigenvalue weighted by Crippen LogP contribution is 2.29. The van der Waals surface area contributed by atoms with Gasteiger partial charge in [0.25, 0.3) is 0 Å². The lowest BCUT2D eigenvalue weighted by atomic mass is 10.1. The second kappa shape index (κ2) is 3.59. The summed E-state index contributed by atoms with van der Waals surface area (Å²) in [5.41, 5.74) is 9.08. The second-order valence-corrected chi connectivity index (χ2v) is 3.90. The molecule has 0 unspecified atom stereocenters. The van der Waals surface area contributed by atoms with Crippen molar-refractivity contribution in [1.29, 1.82) is 0 Å². The van der Waals surface area contributed by atoms with Crippen LogP contribution in [0.2, 0.25) is 0 Å². The number of aryl methyl sites for hydroxylation is 1. The van der Waals surface area contributed by atoms with Crippen molar-refractivity contribution in [3.05, 3.63) is 42.3 Å². The van der Waals surface area contributed by atoms with Gasteiger partial charge in [0.15, 0.2) is 0 Å². The van der Waals surface area contributed by atoms with Crippen LogP contribution >= 0.6 is 0 Å². The maximum absolute atomic E-state index is 5.66. The molecule has 2 aromatic heterocycles. The zero-order valence-electron chi connectivity index (χ0n) is 9.34. The SMILES string of the molecule is Cc1cc(-c2coc3ccccc23)nc(N)n1. The van der Waals surface area contributed by atoms with Gasteiger partial charge in [0.05, 0.1) is 5.69 Å². The Kier molecular flexibility index (Phi) is 2.08. The molecule has 0 saturated heterocycles. The number of rotatable bonds is 1. The first kappa shape index (κ1) is 9.84. The van der Waals surface area contributed by atoms with Crippen LogP contribution in [0.3, 0.4) is 0 Å². The Morgan fingerprint density at radius 2 is 2.00 bits per heavy atom. The van der Waals surface area contributed by atoms with Gasteiger partial charge in [0.1, 0.15) is 11.8 Å². The highest BCUT2D eigenvalue weighted by Gasteiger charge is 2.09. The Morgan fingerprint density at radius 1 is 1.18 bits per heavy atom. The molecule has 0 fully saturated rings. The molecule has 4 heteroatoms. The van der Waals surface area contributed by atoms with E-state index in [-0.39, 0.29) is 5.95 Å². The molecule has 0 radical (unpaired) electrons. The van der Waals surface area contributed by atoms with E-state index >= 15 is 0 Å². The van der Waals surface area contributed by atoms with Gasteiger partial charge >= 0.3 is 0 Å². The normalized spacial score (nSPS) is 10.9. The minimum absolute atomic E-state index is 0.283. The Morgan fingerprint density at radius 3 is 2.82 bits per heavy atom. The predicted molar refractivity (Wildman–Crippen MR) is 66.4 cm³/mol. The van der Waals surface area contributed by atoms with Crippen molar-refractivity contribution in [3.8, 4) is 11.3 Å². The van der Waals surface area contributed by atoms with E-state index in [1.165, 1.54) is 0 Å². The molecule has 0 aliphatic heterocycles. The van der Waals surface area contributed by atoms with Crippen molar-refractivity contribution in [1.82, 2.24) is 9.97 Å². The quantitative estimate of drug-likeness (QED) is 0.691. The van der Waals surface area contributed by atoms with Crippen LogP contribution in [0.5, 0.6) is 0 Å². The second-order valence-electron chi connectivity index (χ2n) is 3.90. The number of hydrogen-bond acceptors (Lipinski definition) is 4. The number of para-hydroxylation sites is 1. The number of nitrogen functional groups attached to an aromatic ring is 1. The van der Waals surface area contributed by atoms with E-state index in [2.05, 4.69) is 9.97 Å². The number of hydrogen-bond donors (Lipinski definition) is 1. The summed E-state index contributed by atoms with van der Waals surface area (Å²) in [5, 5.41) is 1.03. The zero-order chi connectivity index (χ0) is 11.8. The molecule has 17 heavy (non-hydrogen) atoms. The molecule has 0 aliphatic carbocycles. The van der Waals surface area contributed by atoms with Crippen LogP contribution in [0.25, 0.3) is 22.2 Å². The standard InChI is InChI=1S/C13H11N3O/c1-8-6-11(16-13(14)15-8)10-7-17-12-5-3-2-4-9(10)12/h2-7H,1H3,(H2,14,15,16). The summed E-state index contributed by atoms with van der Waals surface area (Å²) in [6.07, 6.45) is 1.70. The van der Waals surface area contributed by atoms with E-state index in [0.29, 0.717) is 0 Å². The predicted octanol–water partition coefficient (Wildman–Crippen LogP) is 2.78. The smallest absolute Gasteiger partial charge is 0.220 e. The molecule has 0 saturated carbocycles. The number of aromatic nitrogens is 2. The van der Waals surface area contributed by atoms with E-state index in [9.17, 15) is 0 Å². The molecule has 4 nitrogen and oxygen atoms in total. The monoisotopic (exact) mass is 225 g/mol. The first-order valence-electron chi connectivity index (χ1n) is 5.32. The van der Waals surface area contributed by atoms with Gasteiger partial charge in [-0.15, -0.1) is 0 Å². The van der Waals surface area contributed by atoms with Crippen LogP contribution in [-0.4, -0.2) is 9.97 Å². The molecule has 0 atom stereocenters. The average Bonchev–Trinajstić information content (AvgIpc) is 2.71. The fourth-order valence-electron chi connectivity index (χ4n) is 1.91. The molecule has 1 aromatic carbocycles. The van der Waals surface area contributed by atoms with Crippen molar-refractivity contribution in [3.63, 3.8) is 0 Å². The molecule has 2 heterocycles. The van der Waals surface area contributed by atoms with Crippen LogP contribution in [0.15, 0.2) is 41.0 Å². The summed E-state index contributed by atoms with van der Waals surface area (Å²) in [6.45, 7) is 1.89. The van der Waals surface area contributed by atoms with Gasteiger partial charge in [0.2, 0.25) is 5.95 Å². The van der Waals surface area contributed by atoms with Crippen LogP contribution in [-0.2, 0) is 0 Å². The molecule has 0 aliphatic rings. The summed E-state index contributed by atoms with van der Waals surface area (Å²) in [6, 6.07) is 9.74. The third-order valence-electron chi connectivity index (χ3n) is 2.63. The first-order chi connectivity index (χ1) is 8.24. The van der Waals surface area contributed by atoms with Gasteiger partial charge in [0, 0.05) is 16.6 Å². The van der Waals surface area contributed by atoms with Crippen molar-refractivity contribution in [2.24, 2.45) is 0 Å². The maximum Gasteiger partial charge on any atom is 0.220 e. The molecule has 0 amide bonds. The first-order valence-corrected chi connectivity index (χ1v) is 5.32. The van der Waals surface area contributed by atoms with Gasteiger partial charge in [-0.1, -0.05) is 18.2 Å². The van der Waals surface area contributed by atoms with Crippen molar-refractivity contribution < 1.29 is 4.42 Å². The lowest BCUT2D eigenvalue weighted by Gasteiger charge is -2.00. The van der Waals surface area contributed by atoms with E-state index in [1.807, 2.05) is 37.3 Å². The summed E-state index contributed by atoms with van der Waals surface area (Å²) >= 11 is 0. The molecule has 84 valence electrons. The summed E-state index contributed by atoms with van der Waals surface area (Å²) in [4.78, 5) is 8.29.